The van der Waals surface area contributed by atoms with Crippen LogP contribution in [-0.4, -0.2) is 16.6 Å². The number of pyridine rings is 1. The van der Waals surface area contributed by atoms with Gasteiger partial charge in [-0.25, -0.2) is 4.98 Å². The first kappa shape index (κ1) is 16.2. The quantitative estimate of drug-likeness (QED) is 0.630. The first-order chi connectivity index (χ1) is 11.2. The van der Waals surface area contributed by atoms with Gasteiger partial charge < -0.3 is 10.6 Å². The van der Waals surface area contributed by atoms with Crippen LogP contribution >= 0.6 is 23.8 Å². The second-order valence-corrected chi connectivity index (χ2v) is 6.77. The Labute approximate surface area is 147 Å². The van der Waals surface area contributed by atoms with Crippen LogP contribution in [0.1, 0.15) is 31.2 Å². The molecule has 0 radical (unpaired) electrons. The van der Waals surface area contributed by atoms with Crippen LogP contribution in [0, 0.1) is 0 Å². The van der Waals surface area contributed by atoms with Crippen LogP contribution in [0.4, 0.5) is 5.69 Å². The third-order valence-electron chi connectivity index (χ3n) is 4.54. The van der Waals surface area contributed by atoms with Gasteiger partial charge in [0.05, 0.1) is 5.69 Å². The van der Waals surface area contributed by atoms with Crippen LogP contribution < -0.4 is 10.6 Å². The summed E-state index contributed by atoms with van der Waals surface area (Å²) < 4.78 is 0. The van der Waals surface area contributed by atoms with Gasteiger partial charge in [-0.3, -0.25) is 0 Å². The molecule has 2 aromatic rings. The van der Waals surface area contributed by atoms with Crippen molar-refractivity contribution in [2.75, 3.05) is 11.9 Å². The fraction of sp³-hybridized carbons (Fsp3) is 0.333. The molecular weight excluding hydrogens is 326 g/mol. The Hall–Kier alpha value is -1.65. The molecule has 3 nitrogen and oxygen atoms in total. The van der Waals surface area contributed by atoms with Gasteiger partial charge in [-0.2, -0.15) is 0 Å². The van der Waals surface area contributed by atoms with E-state index >= 15 is 0 Å². The number of nitrogens with one attached hydrogen (secondary N) is 2. The van der Waals surface area contributed by atoms with E-state index in [1.165, 1.54) is 31.2 Å². The maximum atomic E-state index is 6.06. The second-order valence-electron chi connectivity index (χ2n) is 6.00. The van der Waals surface area contributed by atoms with E-state index in [2.05, 4.69) is 45.9 Å². The molecule has 0 bridgehead atoms. The molecule has 0 aliphatic heterocycles. The average Bonchev–Trinajstić information content (AvgIpc) is 3.06. The molecule has 1 aromatic carbocycles. The number of anilines is 1. The van der Waals surface area contributed by atoms with Crippen molar-refractivity contribution < 1.29 is 0 Å². The number of aromatic nitrogens is 1. The minimum atomic E-state index is 0.172. The molecule has 120 valence electrons. The number of halogens is 1. The minimum Gasteiger partial charge on any atom is -0.362 e. The van der Waals surface area contributed by atoms with Gasteiger partial charge in [-0.05, 0) is 42.8 Å². The summed E-state index contributed by atoms with van der Waals surface area (Å²) >= 11 is 11.5. The minimum absolute atomic E-state index is 0.172. The van der Waals surface area contributed by atoms with E-state index < -0.39 is 0 Å². The summed E-state index contributed by atoms with van der Waals surface area (Å²) in [5, 5.41) is 7.51. The van der Waals surface area contributed by atoms with Crippen LogP contribution in [-0.2, 0) is 5.41 Å². The van der Waals surface area contributed by atoms with Crippen molar-refractivity contribution in [3.05, 3.63) is 59.4 Å². The van der Waals surface area contributed by atoms with Crippen LogP contribution in [0.25, 0.3) is 0 Å². The number of hydrogen-bond donors (Lipinski definition) is 2. The highest BCUT2D eigenvalue weighted by atomic mass is 35.5. The lowest BCUT2D eigenvalue weighted by Crippen LogP contribution is -2.40. The van der Waals surface area contributed by atoms with E-state index in [4.69, 9.17) is 23.8 Å². The Morgan fingerprint density at radius 1 is 1.13 bits per heavy atom. The number of benzene rings is 1. The molecule has 0 amide bonds. The Kier molecular flexibility index (Phi) is 5.13. The van der Waals surface area contributed by atoms with Crippen molar-refractivity contribution in [1.29, 1.82) is 0 Å². The van der Waals surface area contributed by atoms with Crippen molar-refractivity contribution in [2.24, 2.45) is 0 Å². The van der Waals surface area contributed by atoms with Gasteiger partial charge in [0.15, 0.2) is 10.3 Å². The SMILES string of the molecule is S=C(NCC1(c2ccccc2)CCCC1)Nc1cccnc1Cl. The highest BCUT2D eigenvalue weighted by molar-refractivity contribution is 7.80. The third-order valence-corrected chi connectivity index (χ3v) is 5.09. The molecule has 1 saturated carbocycles. The van der Waals surface area contributed by atoms with Gasteiger partial charge in [0, 0.05) is 18.2 Å². The fourth-order valence-electron chi connectivity index (χ4n) is 3.31. The van der Waals surface area contributed by atoms with Crippen molar-refractivity contribution in [3.8, 4) is 0 Å². The maximum Gasteiger partial charge on any atom is 0.170 e. The first-order valence-electron chi connectivity index (χ1n) is 7.91. The molecule has 1 fully saturated rings. The summed E-state index contributed by atoms with van der Waals surface area (Å²) in [6.45, 7) is 0.834. The normalized spacial score (nSPS) is 16.0. The molecule has 1 heterocycles. The summed E-state index contributed by atoms with van der Waals surface area (Å²) in [6, 6.07) is 14.4. The van der Waals surface area contributed by atoms with Gasteiger partial charge >= 0.3 is 0 Å². The van der Waals surface area contributed by atoms with Gasteiger partial charge in [0.25, 0.3) is 0 Å². The molecular formula is C18H20ClN3S. The van der Waals surface area contributed by atoms with E-state index in [0.717, 1.165) is 12.2 Å². The van der Waals surface area contributed by atoms with Crippen molar-refractivity contribution in [1.82, 2.24) is 10.3 Å². The molecule has 23 heavy (non-hydrogen) atoms. The third kappa shape index (κ3) is 3.82. The van der Waals surface area contributed by atoms with E-state index in [0.29, 0.717) is 10.3 Å². The zero-order valence-electron chi connectivity index (χ0n) is 12.9. The van der Waals surface area contributed by atoms with Crippen LogP contribution in [0.3, 0.4) is 0 Å². The molecule has 3 rings (SSSR count). The van der Waals surface area contributed by atoms with Gasteiger partial charge in [-0.1, -0.05) is 54.8 Å². The Morgan fingerprint density at radius 2 is 1.87 bits per heavy atom. The lowest BCUT2D eigenvalue weighted by molar-refractivity contribution is 0.435. The Balaban J connectivity index is 1.66. The van der Waals surface area contributed by atoms with Crippen molar-refractivity contribution in [2.45, 2.75) is 31.1 Å². The van der Waals surface area contributed by atoms with Gasteiger partial charge in [0.1, 0.15) is 0 Å². The van der Waals surface area contributed by atoms with Crippen molar-refractivity contribution in [3.63, 3.8) is 0 Å². The summed E-state index contributed by atoms with van der Waals surface area (Å²) in [5.74, 6) is 0. The molecule has 1 aromatic heterocycles. The smallest absolute Gasteiger partial charge is 0.170 e. The molecule has 0 atom stereocenters. The Bertz CT molecular complexity index is 669. The molecule has 1 aliphatic rings. The average molecular weight is 346 g/mol. The van der Waals surface area contributed by atoms with Crippen molar-refractivity contribution >= 4 is 34.6 Å². The van der Waals surface area contributed by atoms with E-state index in [1.807, 2.05) is 12.1 Å². The van der Waals surface area contributed by atoms with E-state index in [1.54, 1.807) is 6.20 Å². The summed E-state index contributed by atoms with van der Waals surface area (Å²) in [4.78, 5) is 4.05. The zero-order valence-corrected chi connectivity index (χ0v) is 14.5. The number of rotatable bonds is 4. The van der Waals surface area contributed by atoms with Gasteiger partial charge in [-0.15, -0.1) is 0 Å². The van der Waals surface area contributed by atoms with Gasteiger partial charge in [0.2, 0.25) is 0 Å². The number of nitrogens with zero attached hydrogens (tertiary/aromatic N) is 1. The molecule has 5 heteroatoms. The largest absolute Gasteiger partial charge is 0.362 e. The highest BCUT2D eigenvalue weighted by Gasteiger charge is 2.35. The highest BCUT2D eigenvalue weighted by Crippen LogP contribution is 2.40. The standard InChI is InChI=1S/C18H20ClN3S/c19-16-15(9-6-12-20-16)22-17(23)21-13-18(10-4-5-11-18)14-7-2-1-3-8-14/h1-3,6-9,12H,4-5,10-11,13H2,(H2,21,22,23). The monoisotopic (exact) mass is 345 g/mol. The van der Waals surface area contributed by atoms with Crippen LogP contribution in [0.15, 0.2) is 48.7 Å². The molecule has 0 unspecified atom stereocenters. The molecule has 0 spiro atoms. The van der Waals surface area contributed by atoms with Crippen LogP contribution in [0.2, 0.25) is 5.15 Å². The lowest BCUT2D eigenvalue weighted by atomic mass is 9.79. The second kappa shape index (κ2) is 7.28. The zero-order chi connectivity index (χ0) is 16.1. The Morgan fingerprint density at radius 3 is 2.57 bits per heavy atom. The maximum absolute atomic E-state index is 6.06. The fourth-order valence-corrected chi connectivity index (χ4v) is 3.65. The number of thiocarbonyl (C=S) groups is 1. The lowest BCUT2D eigenvalue weighted by Gasteiger charge is -2.30. The summed E-state index contributed by atoms with van der Waals surface area (Å²) in [6.07, 6.45) is 6.59. The van der Waals surface area contributed by atoms with Crippen LogP contribution in [0.5, 0.6) is 0 Å². The predicted octanol–water partition coefficient (Wildman–Crippen LogP) is 4.53. The van der Waals surface area contributed by atoms with E-state index in [-0.39, 0.29) is 5.41 Å². The van der Waals surface area contributed by atoms with E-state index in [9.17, 15) is 0 Å². The summed E-state index contributed by atoms with van der Waals surface area (Å²) in [7, 11) is 0. The molecule has 0 saturated heterocycles. The summed E-state index contributed by atoms with van der Waals surface area (Å²) in [5.41, 5.74) is 2.30. The molecule has 2 N–H and O–H groups in total. The first-order valence-corrected chi connectivity index (χ1v) is 8.69. The topological polar surface area (TPSA) is 37.0 Å². The number of hydrogen-bond acceptors (Lipinski definition) is 2. The molecule has 1 aliphatic carbocycles. The predicted molar refractivity (Wildman–Crippen MR) is 100 cm³/mol.